The first-order valence-corrected chi connectivity index (χ1v) is 11.1. The normalized spacial score (nSPS) is 22.0. The number of rotatable bonds is 8. The number of benzene rings is 1. The number of carbonyl (C=O) groups is 2. The van der Waals surface area contributed by atoms with E-state index in [0.717, 1.165) is 24.1 Å². The van der Waals surface area contributed by atoms with Gasteiger partial charge in [-0.1, -0.05) is 43.3 Å². The van der Waals surface area contributed by atoms with Crippen LogP contribution < -0.4 is 11.1 Å². The van der Waals surface area contributed by atoms with Gasteiger partial charge in [-0.25, -0.2) is 0 Å². The lowest BCUT2D eigenvalue weighted by Gasteiger charge is -2.22. The molecule has 0 saturated carbocycles. The Balaban J connectivity index is 1.42. The molecule has 1 aromatic heterocycles. The highest BCUT2D eigenvalue weighted by molar-refractivity contribution is 7.09. The second kappa shape index (κ2) is 8.51. The first-order valence-electron chi connectivity index (χ1n) is 10.3. The van der Waals surface area contributed by atoms with Gasteiger partial charge < -0.3 is 10.6 Å². The van der Waals surface area contributed by atoms with Crippen molar-refractivity contribution in [2.45, 2.75) is 56.8 Å². The molecule has 1 fully saturated rings. The van der Waals surface area contributed by atoms with Crippen molar-refractivity contribution in [1.29, 1.82) is 0 Å². The van der Waals surface area contributed by atoms with Gasteiger partial charge >= 0.3 is 0 Å². The van der Waals surface area contributed by atoms with Gasteiger partial charge in [0, 0.05) is 23.4 Å². The molecule has 3 heterocycles. The van der Waals surface area contributed by atoms with Crippen LogP contribution in [0.25, 0.3) is 0 Å². The van der Waals surface area contributed by atoms with E-state index in [0.29, 0.717) is 6.42 Å². The summed E-state index contributed by atoms with van der Waals surface area (Å²) in [5, 5.41) is 5.31. The second-order valence-electron chi connectivity index (χ2n) is 7.76. The van der Waals surface area contributed by atoms with Gasteiger partial charge in [0.15, 0.2) is 0 Å². The van der Waals surface area contributed by atoms with E-state index < -0.39 is 6.04 Å². The summed E-state index contributed by atoms with van der Waals surface area (Å²) in [5.41, 5.74) is 8.19. The van der Waals surface area contributed by atoms with Crippen molar-refractivity contribution in [1.82, 2.24) is 10.2 Å². The number of hydrogen-bond acceptors (Lipinski definition) is 4. The zero-order valence-corrected chi connectivity index (χ0v) is 17.4. The van der Waals surface area contributed by atoms with Gasteiger partial charge in [-0.15, -0.1) is 11.3 Å². The first kappa shape index (κ1) is 19.9. The molecule has 152 valence electrons. The summed E-state index contributed by atoms with van der Waals surface area (Å²) in [4.78, 5) is 28.0. The molecule has 2 aliphatic rings. The molecule has 4 atom stereocenters. The third-order valence-corrected chi connectivity index (χ3v) is 6.91. The SMILES string of the molecule is CCC(C=CC(=O)N1C2CCC1c1ccccc12)N[C@@H](Cc1cccs1)C(N)=O. The number of primary amides is 1. The van der Waals surface area contributed by atoms with Gasteiger partial charge in [0.25, 0.3) is 0 Å². The van der Waals surface area contributed by atoms with Crippen LogP contribution in [0.4, 0.5) is 0 Å². The maximum atomic E-state index is 13.0. The predicted octanol–water partition coefficient (Wildman–Crippen LogP) is 3.49. The molecule has 6 heteroatoms. The van der Waals surface area contributed by atoms with Crippen molar-refractivity contribution in [3.8, 4) is 0 Å². The Labute approximate surface area is 175 Å². The van der Waals surface area contributed by atoms with Gasteiger partial charge in [0.2, 0.25) is 11.8 Å². The Kier molecular flexibility index (Phi) is 5.83. The van der Waals surface area contributed by atoms with Crippen molar-refractivity contribution in [3.63, 3.8) is 0 Å². The van der Waals surface area contributed by atoms with E-state index in [9.17, 15) is 9.59 Å². The lowest BCUT2D eigenvalue weighted by Crippen LogP contribution is -2.47. The van der Waals surface area contributed by atoms with Crippen molar-refractivity contribution in [3.05, 3.63) is 69.9 Å². The number of fused-ring (bicyclic) bond motifs is 5. The highest BCUT2D eigenvalue weighted by Gasteiger charge is 2.45. The van der Waals surface area contributed by atoms with E-state index in [1.807, 2.05) is 47.5 Å². The topological polar surface area (TPSA) is 75.4 Å². The molecular weight excluding hydrogens is 382 g/mol. The molecule has 2 bridgehead atoms. The lowest BCUT2D eigenvalue weighted by atomic mass is 9.92. The highest BCUT2D eigenvalue weighted by atomic mass is 32.1. The number of thiophene rings is 1. The van der Waals surface area contributed by atoms with E-state index in [1.54, 1.807) is 17.4 Å². The Morgan fingerprint density at radius 1 is 1.21 bits per heavy atom. The van der Waals surface area contributed by atoms with Crippen LogP contribution in [0.15, 0.2) is 53.9 Å². The average Bonchev–Trinajstić information content (AvgIpc) is 3.45. The quantitative estimate of drug-likeness (QED) is 0.656. The zero-order chi connectivity index (χ0) is 20.4. The molecule has 29 heavy (non-hydrogen) atoms. The van der Waals surface area contributed by atoms with E-state index in [1.165, 1.54) is 11.1 Å². The van der Waals surface area contributed by atoms with Gasteiger partial charge in [0.05, 0.1) is 18.1 Å². The number of nitrogens with zero attached hydrogens (tertiary/aromatic N) is 1. The van der Waals surface area contributed by atoms with E-state index in [4.69, 9.17) is 5.73 Å². The number of carbonyl (C=O) groups excluding carboxylic acids is 2. The molecule has 2 amide bonds. The first-order chi connectivity index (χ1) is 14.1. The summed E-state index contributed by atoms with van der Waals surface area (Å²) in [6, 6.07) is 12.2. The Morgan fingerprint density at radius 3 is 2.45 bits per heavy atom. The smallest absolute Gasteiger partial charge is 0.247 e. The molecule has 2 aliphatic heterocycles. The number of hydrogen-bond donors (Lipinski definition) is 2. The summed E-state index contributed by atoms with van der Waals surface area (Å²) in [6.07, 6.45) is 6.95. The maximum Gasteiger partial charge on any atom is 0.247 e. The van der Waals surface area contributed by atoms with E-state index in [2.05, 4.69) is 17.4 Å². The van der Waals surface area contributed by atoms with Crippen LogP contribution >= 0.6 is 11.3 Å². The van der Waals surface area contributed by atoms with Gasteiger partial charge in [-0.3, -0.25) is 14.9 Å². The molecule has 0 radical (unpaired) electrons. The van der Waals surface area contributed by atoms with Crippen molar-refractivity contribution >= 4 is 23.2 Å². The minimum Gasteiger partial charge on any atom is -0.368 e. The number of amides is 2. The van der Waals surface area contributed by atoms with Crippen LogP contribution in [0.5, 0.6) is 0 Å². The van der Waals surface area contributed by atoms with Gasteiger partial charge in [-0.05, 0) is 41.8 Å². The summed E-state index contributed by atoms with van der Waals surface area (Å²) in [6.45, 7) is 2.03. The van der Waals surface area contributed by atoms with Crippen LogP contribution in [0.2, 0.25) is 0 Å². The zero-order valence-electron chi connectivity index (χ0n) is 16.6. The molecule has 1 saturated heterocycles. The van der Waals surface area contributed by atoms with Crippen molar-refractivity contribution in [2.75, 3.05) is 0 Å². The fourth-order valence-corrected chi connectivity index (χ4v) is 5.32. The number of nitrogens with two attached hydrogens (primary N) is 1. The molecular formula is C23H27N3O2S. The van der Waals surface area contributed by atoms with Gasteiger partial charge in [-0.2, -0.15) is 0 Å². The van der Waals surface area contributed by atoms with Crippen LogP contribution in [0.3, 0.4) is 0 Å². The highest BCUT2D eigenvalue weighted by Crippen LogP contribution is 2.52. The Hall–Kier alpha value is -2.44. The second-order valence-corrected chi connectivity index (χ2v) is 8.79. The molecule has 2 aromatic rings. The summed E-state index contributed by atoms with van der Waals surface area (Å²) in [7, 11) is 0. The average molecular weight is 410 g/mol. The summed E-state index contributed by atoms with van der Waals surface area (Å²) >= 11 is 1.61. The van der Waals surface area contributed by atoms with Crippen LogP contribution in [-0.4, -0.2) is 28.8 Å². The van der Waals surface area contributed by atoms with Gasteiger partial charge in [0.1, 0.15) is 0 Å². The molecule has 1 aromatic carbocycles. The van der Waals surface area contributed by atoms with E-state index >= 15 is 0 Å². The standard InChI is InChI=1S/C23H27N3O2S/c1-2-15(25-19(23(24)28)14-16-6-5-13-29-16)9-12-22(27)26-20-10-11-21(26)18-8-4-3-7-17(18)20/h3-9,12-13,15,19-21,25H,2,10-11,14H2,1H3,(H2,24,28)/t15?,19-,20?,21?/m0/s1. The minimum absolute atomic E-state index is 0.0443. The maximum absolute atomic E-state index is 13.0. The molecule has 3 N–H and O–H groups in total. The van der Waals surface area contributed by atoms with Crippen LogP contribution in [0, 0.1) is 0 Å². The predicted molar refractivity (Wildman–Crippen MR) is 115 cm³/mol. The fourth-order valence-electron chi connectivity index (χ4n) is 4.57. The van der Waals surface area contributed by atoms with Crippen molar-refractivity contribution < 1.29 is 9.59 Å². The number of nitrogens with one attached hydrogen (secondary N) is 1. The fraction of sp³-hybridized carbons (Fsp3) is 0.391. The molecule has 4 rings (SSSR count). The van der Waals surface area contributed by atoms with Crippen molar-refractivity contribution in [2.24, 2.45) is 5.73 Å². The van der Waals surface area contributed by atoms with Crippen LogP contribution in [0.1, 0.15) is 54.3 Å². The lowest BCUT2D eigenvalue weighted by molar-refractivity contribution is -0.128. The largest absolute Gasteiger partial charge is 0.368 e. The third kappa shape index (κ3) is 4.00. The summed E-state index contributed by atoms with van der Waals surface area (Å²) in [5.74, 6) is -0.326. The van der Waals surface area contributed by atoms with Crippen LogP contribution in [-0.2, 0) is 16.0 Å². The Morgan fingerprint density at radius 2 is 1.90 bits per heavy atom. The van der Waals surface area contributed by atoms with E-state index in [-0.39, 0.29) is 29.9 Å². The monoisotopic (exact) mass is 409 g/mol. The molecule has 5 nitrogen and oxygen atoms in total. The molecule has 0 aliphatic carbocycles. The third-order valence-electron chi connectivity index (χ3n) is 6.01. The summed E-state index contributed by atoms with van der Waals surface area (Å²) < 4.78 is 0. The molecule has 3 unspecified atom stereocenters. The molecule has 0 spiro atoms. The Bertz CT molecular complexity index is 878. The minimum atomic E-state index is -0.453.